The maximum absolute atomic E-state index is 11.3. The van der Waals surface area contributed by atoms with Crippen LogP contribution in [0.4, 0.5) is 23.1 Å². The highest BCUT2D eigenvalue weighted by molar-refractivity contribution is 7.89. The second-order valence-electron chi connectivity index (χ2n) is 5.21. The van der Waals surface area contributed by atoms with Crippen molar-refractivity contribution in [2.75, 3.05) is 11.1 Å². The molecule has 0 bridgehead atoms. The van der Waals surface area contributed by atoms with Gasteiger partial charge in [0.1, 0.15) is 0 Å². The molecule has 25 heavy (non-hydrogen) atoms. The van der Waals surface area contributed by atoms with Crippen molar-refractivity contribution in [3.05, 3.63) is 29.2 Å². The summed E-state index contributed by atoms with van der Waals surface area (Å²) in [5, 5.41) is 10.7. The second-order valence-corrected chi connectivity index (χ2v) is 6.77. The van der Waals surface area contributed by atoms with Crippen molar-refractivity contribution in [2.45, 2.75) is 31.3 Å². The minimum absolute atomic E-state index is 0.0273. The fraction of sp³-hybridized carbons (Fsp3) is 0.286. The number of nitrogens with two attached hydrogens (primary N) is 2. The molecule has 2 rings (SSSR count). The lowest BCUT2D eigenvalue weighted by molar-refractivity contribution is 0.210. The van der Waals surface area contributed by atoms with Gasteiger partial charge in [-0.2, -0.15) is 9.97 Å². The van der Waals surface area contributed by atoms with Crippen LogP contribution >= 0.6 is 0 Å². The molecule has 1 atom stereocenters. The van der Waals surface area contributed by atoms with E-state index in [-0.39, 0.29) is 34.3 Å². The van der Waals surface area contributed by atoms with Crippen LogP contribution in [0, 0.1) is 4.91 Å². The number of benzene rings is 1. The zero-order chi connectivity index (χ0) is 18.6. The van der Waals surface area contributed by atoms with Crippen LogP contribution in [0.15, 0.2) is 34.3 Å². The summed E-state index contributed by atoms with van der Waals surface area (Å²) in [6.07, 6.45) is 0.497. The van der Waals surface area contributed by atoms with E-state index in [9.17, 15) is 13.3 Å². The van der Waals surface area contributed by atoms with Gasteiger partial charge in [-0.15, -0.1) is 4.91 Å². The van der Waals surface area contributed by atoms with Crippen LogP contribution < -0.4 is 20.9 Å². The molecule has 1 unspecified atom stereocenters. The monoisotopic (exact) mass is 366 g/mol. The molecular formula is C14H18N6O4S. The average molecular weight is 366 g/mol. The molecule has 1 aromatic carbocycles. The average Bonchev–Trinajstić information content (AvgIpc) is 2.54. The van der Waals surface area contributed by atoms with Crippen molar-refractivity contribution in [2.24, 2.45) is 10.3 Å². The molecule has 5 N–H and O–H groups in total. The molecule has 0 fully saturated rings. The summed E-state index contributed by atoms with van der Waals surface area (Å²) < 4.78 is 28.1. The zero-order valence-electron chi connectivity index (χ0n) is 13.6. The number of anilines is 3. The number of rotatable bonds is 7. The number of sulfonamides is 1. The van der Waals surface area contributed by atoms with Crippen LogP contribution in [0.3, 0.4) is 0 Å². The number of aromatic nitrogens is 2. The lowest BCUT2D eigenvalue weighted by Gasteiger charge is -2.14. The molecule has 0 aliphatic rings. The summed E-state index contributed by atoms with van der Waals surface area (Å²) in [5.74, 6) is -0.0842. The minimum atomic E-state index is -3.78. The van der Waals surface area contributed by atoms with Crippen molar-refractivity contribution < 1.29 is 13.2 Å². The number of nitrogen functional groups attached to an aromatic ring is 1. The van der Waals surface area contributed by atoms with Crippen LogP contribution in [0.5, 0.6) is 5.88 Å². The van der Waals surface area contributed by atoms with E-state index in [1.54, 1.807) is 0 Å². The third-order valence-corrected chi connectivity index (χ3v) is 4.23. The van der Waals surface area contributed by atoms with Gasteiger partial charge in [0.2, 0.25) is 21.7 Å². The van der Waals surface area contributed by atoms with E-state index >= 15 is 0 Å². The van der Waals surface area contributed by atoms with Crippen LogP contribution in [0.1, 0.15) is 20.3 Å². The topological polar surface area (TPSA) is 163 Å². The third-order valence-electron chi connectivity index (χ3n) is 3.30. The molecular weight excluding hydrogens is 348 g/mol. The maximum Gasteiger partial charge on any atom is 0.251 e. The fourth-order valence-electron chi connectivity index (χ4n) is 1.81. The lowest BCUT2D eigenvalue weighted by Crippen LogP contribution is -2.13. The van der Waals surface area contributed by atoms with E-state index < -0.39 is 10.0 Å². The third kappa shape index (κ3) is 4.61. The molecule has 134 valence electrons. The number of nitrogens with zero attached hydrogens (tertiary/aromatic N) is 3. The Hall–Kier alpha value is -2.79. The van der Waals surface area contributed by atoms with Crippen LogP contribution in [0.2, 0.25) is 0 Å². The Balaban J connectivity index is 2.31. The summed E-state index contributed by atoms with van der Waals surface area (Å²) in [7, 11) is -3.78. The summed E-state index contributed by atoms with van der Waals surface area (Å²) in [6.45, 7) is 3.72. The first-order valence-corrected chi connectivity index (χ1v) is 8.86. The van der Waals surface area contributed by atoms with Crippen LogP contribution in [0.25, 0.3) is 0 Å². The van der Waals surface area contributed by atoms with Gasteiger partial charge in [-0.05, 0) is 42.8 Å². The molecule has 0 amide bonds. The van der Waals surface area contributed by atoms with Gasteiger partial charge in [0, 0.05) is 5.69 Å². The Morgan fingerprint density at radius 3 is 2.44 bits per heavy atom. The Labute approximate surface area is 144 Å². The van der Waals surface area contributed by atoms with E-state index in [1.165, 1.54) is 24.3 Å². The van der Waals surface area contributed by atoms with Crippen molar-refractivity contribution in [3.8, 4) is 5.88 Å². The van der Waals surface area contributed by atoms with Gasteiger partial charge in [0.15, 0.2) is 5.82 Å². The normalized spacial score (nSPS) is 12.4. The summed E-state index contributed by atoms with van der Waals surface area (Å²) in [6, 6.07) is 5.64. The van der Waals surface area contributed by atoms with Gasteiger partial charge in [-0.25, -0.2) is 13.6 Å². The second kappa shape index (κ2) is 7.40. The Morgan fingerprint density at radius 1 is 1.28 bits per heavy atom. The van der Waals surface area contributed by atoms with E-state index in [4.69, 9.17) is 15.6 Å². The molecule has 0 saturated carbocycles. The van der Waals surface area contributed by atoms with E-state index in [0.717, 1.165) is 0 Å². The van der Waals surface area contributed by atoms with Crippen molar-refractivity contribution in [1.82, 2.24) is 9.97 Å². The zero-order valence-corrected chi connectivity index (χ0v) is 14.4. The molecule has 1 aromatic heterocycles. The van der Waals surface area contributed by atoms with Gasteiger partial charge in [0.05, 0.1) is 11.0 Å². The van der Waals surface area contributed by atoms with Crippen molar-refractivity contribution >= 4 is 33.2 Å². The molecule has 0 spiro atoms. The van der Waals surface area contributed by atoms with E-state index in [1.807, 2.05) is 13.8 Å². The standard InChI is InChI=1S/C14H18N6O4S/c1-3-8(2)24-13-11(20-21)12(15)18-14(19-13)17-9-4-6-10(7-5-9)25(16,22)23/h4-8H,3H2,1-2H3,(H2,16,22,23)(H3,15,17,18,19). The van der Waals surface area contributed by atoms with Gasteiger partial charge in [-0.1, -0.05) is 6.92 Å². The molecule has 0 radical (unpaired) electrons. The summed E-state index contributed by atoms with van der Waals surface area (Å²) in [4.78, 5) is 19.0. The summed E-state index contributed by atoms with van der Waals surface area (Å²) >= 11 is 0. The molecule has 0 saturated heterocycles. The number of hydrogen-bond donors (Lipinski definition) is 3. The molecule has 11 heteroatoms. The predicted octanol–water partition coefficient (Wildman–Crippen LogP) is 2.02. The Morgan fingerprint density at radius 2 is 1.92 bits per heavy atom. The molecule has 2 aromatic rings. The van der Waals surface area contributed by atoms with Gasteiger partial charge in [-0.3, -0.25) is 0 Å². The molecule has 1 heterocycles. The van der Waals surface area contributed by atoms with Gasteiger partial charge < -0.3 is 15.8 Å². The fourth-order valence-corrected chi connectivity index (χ4v) is 2.32. The van der Waals surface area contributed by atoms with Crippen molar-refractivity contribution in [3.63, 3.8) is 0 Å². The smallest absolute Gasteiger partial charge is 0.251 e. The predicted molar refractivity (Wildman–Crippen MR) is 93.4 cm³/mol. The van der Waals surface area contributed by atoms with E-state index in [2.05, 4.69) is 20.5 Å². The molecule has 0 aliphatic carbocycles. The van der Waals surface area contributed by atoms with Crippen LogP contribution in [-0.2, 0) is 10.0 Å². The van der Waals surface area contributed by atoms with Crippen LogP contribution in [-0.4, -0.2) is 24.5 Å². The largest absolute Gasteiger partial charge is 0.473 e. The first kappa shape index (κ1) is 18.5. The minimum Gasteiger partial charge on any atom is -0.473 e. The molecule has 10 nitrogen and oxygen atoms in total. The quantitative estimate of drug-likeness (QED) is 0.626. The first-order valence-electron chi connectivity index (χ1n) is 7.32. The highest BCUT2D eigenvalue weighted by atomic mass is 32.2. The number of nitroso groups, excluding NO2 is 1. The Bertz CT molecular complexity index is 870. The number of hydrogen-bond acceptors (Lipinski definition) is 9. The highest BCUT2D eigenvalue weighted by Crippen LogP contribution is 2.33. The van der Waals surface area contributed by atoms with Crippen molar-refractivity contribution in [1.29, 1.82) is 0 Å². The number of ether oxygens (including phenoxy) is 1. The SMILES string of the molecule is CCC(C)Oc1nc(Nc2ccc(S(N)(=O)=O)cc2)nc(N)c1N=O. The maximum atomic E-state index is 11.3. The lowest BCUT2D eigenvalue weighted by atomic mass is 10.3. The number of primary sulfonamides is 1. The first-order chi connectivity index (χ1) is 11.7. The number of nitrogens with one attached hydrogen (secondary N) is 1. The van der Waals surface area contributed by atoms with Gasteiger partial charge in [0.25, 0.3) is 5.88 Å². The highest BCUT2D eigenvalue weighted by Gasteiger charge is 2.17. The van der Waals surface area contributed by atoms with Gasteiger partial charge >= 0.3 is 0 Å². The van der Waals surface area contributed by atoms with E-state index in [0.29, 0.717) is 12.1 Å². The Kier molecular flexibility index (Phi) is 5.49. The molecule has 0 aliphatic heterocycles. The summed E-state index contributed by atoms with van der Waals surface area (Å²) in [5.41, 5.74) is 6.05.